The van der Waals surface area contributed by atoms with Crippen molar-refractivity contribution in [3.63, 3.8) is 0 Å². The van der Waals surface area contributed by atoms with Crippen molar-refractivity contribution in [1.82, 2.24) is 0 Å². The molecule has 2 saturated heterocycles. The van der Waals surface area contributed by atoms with Gasteiger partial charge in [-0.2, -0.15) is 0 Å². The van der Waals surface area contributed by atoms with Gasteiger partial charge in [-0.1, -0.05) is 24.3 Å². The van der Waals surface area contributed by atoms with Gasteiger partial charge >= 0.3 is 5.97 Å². The van der Waals surface area contributed by atoms with Crippen LogP contribution in [0.25, 0.3) is 0 Å². The van der Waals surface area contributed by atoms with Gasteiger partial charge in [-0.3, -0.25) is 19.2 Å². The Labute approximate surface area is 215 Å². The number of carbonyl (C=O) groups is 4. The van der Waals surface area contributed by atoms with Crippen molar-refractivity contribution in [2.24, 2.45) is 41.4 Å². The SMILES string of the molecule is Cc1cc(C)cc(N2C[C@H](C(=O)Oc3cccc(N4C(=O)[C@@H]5[C@H]6C=C[C@@H]([C@@H]7C[C@H]67)[C@H]5C4=O)c3)CC2=O)c1. The summed E-state index contributed by atoms with van der Waals surface area (Å²) in [6.07, 6.45) is 5.50. The van der Waals surface area contributed by atoms with Crippen molar-refractivity contribution in [1.29, 1.82) is 0 Å². The third kappa shape index (κ3) is 3.40. The maximum Gasteiger partial charge on any atom is 0.316 e. The molecule has 2 aromatic rings. The van der Waals surface area contributed by atoms with Gasteiger partial charge in [0.05, 0.1) is 23.4 Å². The van der Waals surface area contributed by atoms with E-state index in [0.29, 0.717) is 17.5 Å². The number of aryl methyl sites for hydroxylation is 2. The van der Waals surface area contributed by atoms with E-state index >= 15 is 0 Å². The lowest BCUT2D eigenvalue weighted by atomic mass is 9.63. The molecule has 0 N–H and O–H groups in total. The first-order valence-corrected chi connectivity index (χ1v) is 13.1. The zero-order chi connectivity index (χ0) is 25.6. The molecule has 7 nitrogen and oxygen atoms in total. The summed E-state index contributed by atoms with van der Waals surface area (Å²) >= 11 is 0. The second-order valence-electron chi connectivity index (χ2n) is 11.3. The van der Waals surface area contributed by atoms with Crippen LogP contribution in [0.1, 0.15) is 24.0 Å². The average molecular weight is 497 g/mol. The average Bonchev–Trinajstić information content (AvgIpc) is 3.53. The van der Waals surface area contributed by atoms with Crippen LogP contribution < -0.4 is 14.5 Å². The van der Waals surface area contributed by atoms with Crippen molar-refractivity contribution in [2.75, 3.05) is 16.3 Å². The number of carbonyl (C=O) groups excluding carboxylic acids is 4. The summed E-state index contributed by atoms with van der Waals surface area (Å²) in [7, 11) is 0. The highest BCUT2D eigenvalue weighted by Crippen LogP contribution is 2.65. The van der Waals surface area contributed by atoms with Gasteiger partial charge in [0, 0.05) is 24.7 Å². The number of amides is 3. The van der Waals surface area contributed by atoms with Crippen LogP contribution in [0, 0.1) is 55.3 Å². The Hall–Kier alpha value is -3.74. The molecule has 6 aliphatic rings. The molecule has 8 rings (SSSR count). The molecular weight excluding hydrogens is 468 g/mol. The molecule has 2 saturated carbocycles. The topological polar surface area (TPSA) is 84.0 Å². The minimum atomic E-state index is -0.594. The van der Waals surface area contributed by atoms with Crippen LogP contribution in [0.15, 0.2) is 54.6 Å². The predicted molar refractivity (Wildman–Crippen MR) is 136 cm³/mol. The number of imide groups is 1. The van der Waals surface area contributed by atoms with E-state index in [4.69, 9.17) is 4.74 Å². The minimum Gasteiger partial charge on any atom is -0.426 e. The van der Waals surface area contributed by atoms with Crippen LogP contribution in [0.2, 0.25) is 0 Å². The van der Waals surface area contributed by atoms with Gasteiger partial charge in [0.2, 0.25) is 17.7 Å². The van der Waals surface area contributed by atoms with E-state index in [-0.39, 0.29) is 60.1 Å². The monoisotopic (exact) mass is 496 g/mol. The van der Waals surface area contributed by atoms with Crippen LogP contribution in [0.5, 0.6) is 5.75 Å². The first-order chi connectivity index (χ1) is 17.8. The second kappa shape index (κ2) is 7.88. The standard InChI is InChI=1S/C30H28N2O5/c1-15-8-16(2)10-19(9-15)31-14-17(11-25(31)33)30(36)37-20-5-3-4-18(12-20)32-28(34)26-21-6-7-22(24-13-23(21)24)27(26)29(32)35/h3-10,12,17,21-24,26-27H,11,13-14H2,1-2H3/t17-,21+,22+,23-,24+,26-,27-/m1/s1. The molecule has 0 radical (unpaired) electrons. The maximum absolute atomic E-state index is 13.4. The normalized spacial score (nSPS) is 33.1. The summed E-state index contributed by atoms with van der Waals surface area (Å²) in [5, 5.41) is 0. The number of hydrogen-bond donors (Lipinski definition) is 0. The van der Waals surface area contributed by atoms with Crippen LogP contribution >= 0.6 is 0 Å². The van der Waals surface area contributed by atoms with Gasteiger partial charge in [0.25, 0.3) is 0 Å². The number of esters is 1. The van der Waals surface area contributed by atoms with Gasteiger partial charge in [-0.15, -0.1) is 0 Å². The Morgan fingerprint density at radius 3 is 2.16 bits per heavy atom. The third-order valence-corrected chi connectivity index (χ3v) is 8.93. The highest BCUT2D eigenvalue weighted by molar-refractivity contribution is 6.22. The van der Waals surface area contributed by atoms with Crippen molar-refractivity contribution >= 4 is 35.1 Å². The second-order valence-corrected chi connectivity index (χ2v) is 11.3. The van der Waals surface area contributed by atoms with Crippen LogP contribution in [-0.4, -0.2) is 30.2 Å². The first kappa shape index (κ1) is 22.5. The molecule has 2 heterocycles. The van der Waals surface area contributed by atoms with E-state index in [1.54, 1.807) is 29.2 Å². The summed E-state index contributed by atoms with van der Waals surface area (Å²) in [6, 6.07) is 12.5. The van der Waals surface area contributed by atoms with E-state index in [0.717, 1.165) is 23.2 Å². The molecule has 7 atom stereocenters. The van der Waals surface area contributed by atoms with E-state index in [2.05, 4.69) is 12.2 Å². The summed E-state index contributed by atoms with van der Waals surface area (Å²) in [4.78, 5) is 55.5. The molecule has 7 heteroatoms. The molecule has 37 heavy (non-hydrogen) atoms. The summed E-state index contributed by atoms with van der Waals surface area (Å²) in [5.74, 6) is -0.396. The Balaban J connectivity index is 1.08. The molecule has 2 aliphatic heterocycles. The highest BCUT2D eigenvalue weighted by atomic mass is 16.5. The zero-order valence-electron chi connectivity index (χ0n) is 20.8. The molecule has 0 spiro atoms. The fourth-order valence-electron chi connectivity index (χ4n) is 7.32. The summed E-state index contributed by atoms with van der Waals surface area (Å²) in [5.41, 5.74) is 3.32. The third-order valence-electron chi connectivity index (χ3n) is 8.93. The van der Waals surface area contributed by atoms with E-state index in [9.17, 15) is 19.2 Å². The molecule has 4 fully saturated rings. The number of rotatable bonds is 4. The zero-order valence-corrected chi connectivity index (χ0v) is 20.8. The van der Waals surface area contributed by atoms with Gasteiger partial charge in [-0.05, 0) is 79.3 Å². The first-order valence-electron chi connectivity index (χ1n) is 13.1. The molecule has 0 aromatic heterocycles. The quantitative estimate of drug-likeness (QED) is 0.278. The smallest absolute Gasteiger partial charge is 0.316 e. The van der Waals surface area contributed by atoms with Gasteiger partial charge in [-0.25, -0.2) is 4.90 Å². The lowest BCUT2D eigenvalue weighted by Crippen LogP contribution is -2.40. The van der Waals surface area contributed by atoms with E-state index in [1.165, 1.54) is 4.90 Å². The predicted octanol–water partition coefficient (Wildman–Crippen LogP) is 3.82. The molecule has 4 aliphatic carbocycles. The van der Waals surface area contributed by atoms with E-state index in [1.807, 2.05) is 32.0 Å². The highest BCUT2D eigenvalue weighted by Gasteiger charge is 2.67. The van der Waals surface area contributed by atoms with Gasteiger partial charge in [0.15, 0.2) is 0 Å². The number of ether oxygens (including phenoxy) is 1. The molecule has 2 aromatic carbocycles. The van der Waals surface area contributed by atoms with Crippen molar-refractivity contribution in [3.8, 4) is 5.75 Å². The fourth-order valence-corrected chi connectivity index (χ4v) is 7.32. The van der Waals surface area contributed by atoms with Crippen LogP contribution in [0.4, 0.5) is 11.4 Å². The van der Waals surface area contributed by atoms with Crippen molar-refractivity contribution in [2.45, 2.75) is 26.7 Å². The molecule has 3 amide bonds. The fraction of sp³-hybridized carbons (Fsp3) is 0.400. The molecule has 0 unspecified atom stereocenters. The van der Waals surface area contributed by atoms with Crippen LogP contribution in [-0.2, 0) is 19.2 Å². The number of benzene rings is 2. The Kier molecular flexibility index (Phi) is 4.78. The Morgan fingerprint density at radius 1 is 0.865 bits per heavy atom. The summed E-state index contributed by atoms with van der Waals surface area (Å²) in [6.45, 7) is 4.21. The van der Waals surface area contributed by atoms with Gasteiger partial charge in [0.1, 0.15) is 5.75 Å². The van der Waals surface area contributed by atoms with Crippen molar-refractivity contribution < 1.29 is 23.9 Å². The lowest BCUT2D eigenvalue weighted by Gasteiger charge is -2.37. The molecule has 188 valence electrons. The molecule has 2 bridgehead atoms. The number of allylic oxidation sites excluding steroid dienone is 2. The summed E-state index contributed by atoms with van der Waals surface area (Å²) < 4.78 is 5.67. The lowest BCUT2D eigenvalue weighted by molar-refractivity contribution is -0.139. The van der Waals surface area contributed by atoms with Crippen LogP contribution in [0.3, 0.4) is 0 Å². The number of anilines is 2. The van der Waals surface area contributed by atoms with E-state index < -0.39 is 11.9 Å². The molecular formula is C30H28N2O5. The Bertz CT molecular complexity index is 1360. The van der Waals surface area contributed by atoms with Crippen molar-refractivity contribution in [3.05, 3.63) is 65.7 Å². The minimum absolute atomic E-state index is 0.0794. The largest absolute Gasteiger partial charge is 0.426 e. The van der Waals surface area contributed by atoms with Gasteiger partial charge < -0.3 is 9.64 Å². The Morgan fingerprint density at radius 2 is 1.51 bits per heavy atom. The maximum atomic E-state index is 13.4. The number of nitrogens with zero attached hydrogens (tertiary/aromatic N) is 2. The number of hydrogen-bond acceptors (Lipinski definition) is 5.